The first-order valence-electron chi connectivity index (χ1n) is 9.32. The summed E-state index contributed by atoms with van der Waals surface area (Å²) in [5, 5.41) is 12.3. The molecule has 3 aliphatic rings. The maximum atomic E-state index is 13.5. The Morgan fingerprint density at radius 3 is 2.59 bits per heavy atom. The minimum atomic E-state index is -2.98. The van der Waals surface area contributed by atoms with Gasteiger partial charge in [0, 0.05) is 36.9 Å². The van der Waals surface area contributed by atoms with Crippen LogP contribution in [0.2, 0.25) is 0 Å². The lowest BCUT2D eigenvalue weighted by Crippen LogP contribution is -2.52. The van der Waals surface area contributed by atoms with Crippen LogP contribution in [0.3, 0.4) is 0 Å². The highest BCUT2D eigenvalue weighted by Gasteiger charge is 2.47. The van der Waals surface area contributed by atoms with E-state index >= 15 is 0 Å². The second-order valence-corrected chi connectivity index (χ2v) is 7.62. The number of amides is 1. The number of hydrogen-bond acceptors (Lipinski definition) is 6. The molecule has 0 saturated carbocycles. The van der Waals surface area contributed by atoms with Gasteiger partial charge in [-0.05, 0) is 31.7 Å². The average Bonchev–Trinajstić information content (AvgIpc) is 3.13. The van der Waals surface area contributed by atoms with Crippen molar-refractivity contribution in [1.82, 2.24) is 20.2 Å². The number of carbonyl (C=O) groups is 1. The SMILES string of the molecule is N#C[C@@H]1CC(F)(F)CN1C(=O)CNC1CC2CCC(C1)N2c1ncccn1. The van der Waals surface area contributed by atoms with Crippen LogP contribution < -0.4 is 10.2 Å². The number of anilines is 1. The fourth-order valence-corrected chi connectivity index (χ4v) is 4.62. The maximum Gasteiger partial charge on any atom is 0.268 e. The van der Waals surface area contributed by atoms with Crippen molar-refractivity contribution < 1.29 is 13.6 Å². The van der Waals surface area contributed by atoms with Gasteiger partial charge in [0.2, 0.25) is 11.9 Å². The quantitative estimate of drug-likeness (QED) is 0.853. The molecule has 2 unspecified atom stereocenters. The van der Waals surface area contributed by atoms with Gasteiger partial charge in [-0.15, -0.1) is 0 Å². The fourth-order valence-electron chi connectivity index (χ4n) is 4.62. The summed E-state index contributed by atoms with van der Waals surface area (Å²) in [6.07, 6.45) is 6.74. The summed E-state index contributed by atoms with van der Waals surface area (Å²) in [7, 11) is 0. The third kappa shape index (κ3) is 3.58. The van der Waals surface area contributed by atoms with E-state index in [4.69, 9.17) is 5.26 Å². The summed E-state index contributed by atoms with van der Waals surface area (Å²) >= 11 is 0. The zero-order chi connectivity index (χ0) is 19.0. The summed E-state index contributed by atoms with van der Waals surface area (Å²) in [5.41, 5.74) is 0. The maximum absolute atomic E-state index is 13.5. The summed E-state index contributed by atoms with van der Waals surface area (Å²) in [6, 6.07) is 3.36. The van der Waals surface area contributed by atoms with Crippen LogP contribution in [0.15, 0.2) is 18.5 Å². The minimum Gasteiger partial charge on any atom is -0.335 e. The molecular weight excluding hydrogens is 354 g/mol. The Balaban J connectivity index is 1.33. The van der Waals surface area contributed by atoms with Crippen molar-refractivity contribution in [2.75, 3.05) is 18.0 Å². The number of aromatic nitrogens is 2. The van der Waals surface area contributed by atoms with Gasteiger partial charge in [0.1, 0.15) is 6.04 Å². The topological polar surface area (TPSA) is 85.2 Å². The zero-order valence-electron chi connectivity index (χ0n) is 14.9. The Morgan fingerprint density at radius 1 is 1.30 bits per heavy atom. The Labute approximate surface area is 156 Å². The molecule has 1 aromatic heterocycles. The number of nitriles is 1. The van der Waals surface area contributed by atoms with E-state index in [1.165, 1.54) is 0 Å². The molecule has 1 amide bonds. The highest BCUT2D eigenvalue weighted by Crippen LogP contribution is 2.37. The van der Waals surface area contributed by atoms with Crippen LogP contribution in [0.5, 0.6) is 0 Å². The molecule has 3 aliphatic heterocycles. The van der Waals surface area contributed by atoms with E-state index in [1.807, 2.05) is 6.07 Å². The van der Waals surface area contributed by atoms with Gasteiger partial charge in [0.25, 0.3) is 5.92 Å². The number of piperidine rings is 1. The van der Waals surface area contributed by atoms with E-state index in [0.717, 1.165) is 36.5 Å². The molecule has 4 heterocycles. The van der Waals surface area contributed by atoms with Crippen LogP contribution >= 0.6 is 0 Å². The molecule has 3 atom stereocenters. The van der Waals surface area contributed by atoms with Crippen molar-refractivity contribution in [3.8, 4) is 6.07 Å². The van der Waals surface area contributed by atoms with Crippen LogP contribution in [0, 0.1) is 11.3 Å². The molecule has 1 aromatic rings. The zero-order valence-corrected chi connectivity index (χ0v) is 14.9. The predicted octanol–water partition coefficient (Wildman–Crippen LogP) is 1.33. The third-order valence-electron chi connectivity index (χ3n) is 5.80. The molecule has 4 rings (SSSR count). The molecule has 3 saturated heterocycles. The highest BCUT2D eigenvalue weighted by molar-refractivity contribution is 5.79. The molecule has 1 N–H and O–H groups in total. The molecule has 7 nitrogen and oxygen atoms in total. The normalized spacial score (nSPS) is 31.7. The summed E-state index contributed by atoms with van der Waals surface area (Å²) in [5.74, 6) is -2.66. The lowest BCUT2D eigenvalue weighted by atomic mass is 9.97. The second kappa shape index (κ2) is 7.00. The van der Waals surface area contributed by atoms with Crippen LogP contribution in [-0.2, 0) is 4.79 Å². The van der Waals surface area contributed by atoms with Gasteiger partial charge in [-0.1, -0.05) is 0 Å². The molecule has 0 radical (unpaired) electrons. The lowest BCUT2D eigenvalue weighted by Gasteiger charge is -2.39. The highest BCUT2D eigenvalue weighted by atomic mass is 19.3. The molecular formula is C18H22F2N6O. The second-order valence-electron chi connectivity index (χ2n) is 7.62. The largest absolute Gasteiger partial charge is 0.335 e. The summed E-state index contributed by atoms with van der Waals surface area (Å²) in [6.45, 7) is -0.680. The first-order chi connectivity index (χ1) is 13.0. The number of hydrogen-bond donors (Lipinski definition) is 1. The van der Waals surface area contributed by atoms with Crippen molar-refractivity contribution in [3.05, 3.63) is 18.5 Å². The minimum absolute atomic E-state index is 0.0137. The number of carbonyl (C=O) groups excluding carboxylic acids is 1. The lowest BCUT2D eigenvalue weighted by molar-refractivity contribution is -0.131. The van der Waals surface area contributed by atoms with E-state index in [-0.39, 0.29) is 12.6 Å². The van der Waals surface area contributed by atoms with Gasteiger partial charge in [0.05, 0.1) is 19.2 Å². The van der Waals surface area contributed by atoms with Crippen LogP contribution in [0.25, 0.3) is 0 Å². The molecule has 9 heteroatoms. The van der Waals surface area contributed by atoms with Crippen molar-refractivity contribution >= 4 is 11.9 Å². The number of likely N-dealkylation sites (tertiary alicyclic amines) is 1. The van der Waals surface area contributed by atoms with Crippen molar-refractivity contribution in [1.29, 1.82) is 5.26 Å². The molecule has 3 fully saturated rings. The van der Waals surface area contributed by atoms with Crippen LogP contribution in [-0.4, -0.2) is 64.0 Å². The number of halogens is 2. The molecule has 0 aliphatic carbocycles. The predicted molar refractivity (Wildman–Crippen MR) is 93.0 cm³/mol. The van der Waals surface area contributed by atoms with Crippen molar-refractivity contribution in [2.45, 2.75) is 62.2 Å². The average molecular weight is 376 g/mol. The van der Waals surface area contributed by atoms with Crippen LogP contribution in [0.1, 0.15) is 32.1 Å². The number of nitrogens with one attached hydrogen (secondary N) is 1. The van der Waals surface area contributed by atoms with Gasteiger partial charge in [-0.2, -0.15) is 5.26 Å². The smallest absolute Gasteiger partial charge is 0.268 e. The Morgan fingerprint density at radius 2 is 1.96 bits per heavy atom. The number of alkyl halides is 2. The van der Waals surface area contributed by atoms with E-state index in [1.54, 1.807) is 18.5 Å². The first-order valence-corrected chi connectivity index (χ1v) is 9.32. The Hall–Kier alpha value is -2.34. The van der Waals surface area contributed by atoms with Gasteiger partial charge < -0.3 is 15.1 Å². The van der Waals surface area contributed by atoms with E-state index < -0.39 is 30.8 Å². The van der Waals surface area contributed by atoms with E-state index in [9.17, 15) is 13.6 Å². The summed E-state index contributed by atoms with van der Waals surface area (Å²) < 4.78 is 27.0. The number of nitrogens with zero attached hydrogens (tertiary/aromatic N) is 5. The molecule has 2 bridgehead atoms. The molecule has 27 heavy (non-hydrogen) atoms. The standard InChI is InChI=1S/C18H22F2N6O/c19-18(20)8-15(9-21)25(11-18)16(27)10-24-12-6-13-2-3-14(7-12)26(13)17-22-4-1-5-23-17/h1,4-5,12-15,24H,2-3,6-8,10-11H2/t12?,13?,14?,15-/m0/s1. The Kier molecular flexibility index (Phi) is 4.68. The Bertz CT molecular complexity index is 725. The van der Waals surface area contributed by atoms with Gasteiger partial charge >= 0.3 is 0 Å². The number of fused-ring (bicyclic) bond motifs is 2. The molecule has 0 aromatic carbocycles. The first kappa shape index (κ1) is 18.0. The third-order valence-corrected chi connectivity index (χ3v) is 5.80. The monoisotopic (exact) mass is 376 g/mol. The van der Waals surface area contributed by atoms with Crippen molar-refractivity contribution in [2.24, 2.45) is 0 Å². The van der Waals surface area contributed by atoms with Crippen molar-refractivity contribution in [3.63, 3.8) is 0 Å². The fraction of sp³-hybridized carbons (Fsp3) is 0.667. The molecule has 0 spiro atoms. The summed E-state index contributed by atoms with van der Waals surface area (Å²) in [4.78, 5) is 24.4. The van der Waals surface area contributed by atoms with Gasteiger partial charge in [0.15, 0.2) is 0 Å². The van der Waals surface area contributed by atoms with E-state index in [2.05, 4.69) is 20.2 Å². The van der Waals surface area contributed by atoms with E-state index in [0.29, 0.717) is 12.1 Å². The van der Waals surface area contributed by atoms with Gasteiger partial charge in [-0.25, -0.2) is 18.7 Å². The van der Waals surface area contributed by atoms with Crippen LogP contribution in [0.4, 0.5) is 14.7 Å². The molecule has 144 valence electrons. The van der Waals surface area contributed by atoms with Gasteiger partial charge in [-0.3, -0.25) is 4.79 Å². The number of rotatable bonds is 4.